The van der Waals surface area contributed by atoms with Gasteiger partial charge in [0.05, 0.1) is 26.4 Å². The molecule has 1 radical (unpaired) electrons. The Bertz CT molecular complexity index is 41.6. The smallest absolute Gasteiger partial charge is 0.0701 e. The van der Waals surface area contributed by atoms with E-state index < -0.39 is 0 Å². The Kier molecular flexibility index (Phi) is 7.77. The van der Waals surface area contributed by atoms with Crippen LogP contribution in [-0.4, -0.2) is 38.1 Å². The summed E-state index contributed by atoms with van der Waals surface area (Å²) in [6.45, 7) is 5.51. The highest BCUT2D eigenvalue weighted by molar-refractivity contribution is 4.32. The zero-order valence-electron chi connectivity index (χ0n) is 5.51. The molecule has 1 N–H and O–H groups in total. The van der Waals surface area contributed by atoms with Crippen LogP contribution in [0.25, 0.3) is 0 Å². The predicted molar refractivity (Wildman–Crippen MR) is 34.1 cm³/mol. The van der Waals surface area contributed by atoms with Crippen LogP contribution in [0.5, 0.6) is 0 Å². The fraction of sp³-hybridized carbons (Fsp3) is 0.833. The molecule has 0 unspecified atom stereocenters. The van der Waals surface area contributed by atoms with Crippen molar-refractivity contribution in [2.75, 3.05) is 33.0 Å². The van der Waals surface area contributed by atoms with Crippen molar-refractivity contribution in [2.24, 2.45) is 0 Å². The van der Waals surface area contributed by atoms with Gasteiger partial charge in [0, 0.05) is 6.61 Å². The lowest BCUT2D eigenvalue weighted by atomic mass is 10.7. The monoisotopic (exact) mass is 133 g/mol. The van der Waals surface area contributed by atoms with Crippen molar-refractivity contribution in [1.82, 2.24) is 0 Å². The quantitative estimate of drug-likeness (QED) is 0.512. The summed E-state index contributed by atoms with van der Waals surface area (Å²) in [5.41, 5.74) is 0. The first-order valence-electron chi connectivity index (χ1n) is 2.97. The lowest BCUT2D eigenvalue weighted by Gasteiger charge is -2.00. The van der Waals surface area contributed by atoms with E-state index in [1.807, 2.05) is 0 Å². The molecule has 0 aromatic rings. The minimum absolute atomic E-state index is 0.0738. The number of aliphatic hydroxyl groups is 1. The summed E-state index contributed by atoms with van der Waals surface area (Å²) in [5.74, 6) is 0. The molecule has 0 aliphatic carbocycles. The van der Waals surface area contributed by atoms with Crippen LogP contribution < -0.4 is 0 Å². The summed E-state index contributed by atoms with van der Waals surface area (Å²) >= 11 is 0. The zero-order chi connectivity index (χ0) is 6.95. The van der Waals surface area contributed by atoms with Gasteiger partial charge in [0.2, 0.25) is 0 Å². The van der Waals surface area contributed by atoms with Crippen molar-refractivity contribution >= 4 is 0 Å². The summed E-state index contributed by atoms with van der Waals surface area (Å²) in [7, 11) is 0. The molecular formula is C6H13O3. The maximum Gasteiger partial charge on any atom is 0.0701 e. The average Bonchev–Trinajstić information content (AvgIpc) is 1.89. The van der Waals surface area contributed by atoms with Crippen molar-refractivity contribution < 1.29 is 14.6 Å². The van der Waals surface area contributed by atoms with E-state index in [0.29, 0.717) is 26.4 Å². The Morgan fingerprint density at radius 3 is 2.33 bits per heavy atom. The Morgan fingerprint density at radius 1 is 1.11 bits per heavy atom. The van der Waals surface area contributed by atoms with Crippen LogP contribution in [0, 0.1) is 6.92 Å². The summed E-state index contributed by atoms with van der Waals surface area (Å²) < 4.78 is 9.74. The number of hydrogen-bond acceptors (Lipinski definition) is 3. The van der Waals surface area contributed by atoms with Crippen LogP contribution in [0.2, 0.25) is 0 Å². The molecule has 55 valence electrons. The first-order valence-corrected chi connectivity index (χ1v) is 2.97. The molecule has 0 rings (SSSR count). The van der Waals surface area contributed by atoms with Gasteiger partial charge in [-0.1, -0.05) is 0 Å². The maximum atomic E-state index is 8.24. The fourth-order valence-corrected chi connectivity index (χ4v) is 0.387. The van der Waals surface area contributed by atoms with Crippen LogP contribution in [0.1, 0.15) is 0 Å². The fourth-order valence-electron chi connectivity index (χ4n) is 0.387. The van der Waals surface area contributed by atoms with Gasteiger partial charge in [-0.15, -0.1) is 0 Å². The van der Waals surface area contributed by atoms with E-state index >= 15 is 0 Å². The molecule has 0 aliphatic heterocycles. The van der Waals surface area contributed by atoms with Gasteiger partial charge in [-0.05, 0) is 6.92 Å². The molecule has 0 atom stereocenters. The molecule has 0 aromatic heterocycles. The molecule has 3 nitrogen and oxygen atoms in total. The molecule has 0 saturated heterocycles. The third-order valence-electron chi connectivity index (χ3n) is 0.752. The van der Waals surface area contributed by atoms with Crippen molar-refractivity contribution in [3.8, 4) is 0 Å². The largest absolute Gasteiger partial charge is 0.394 e. The molecule has 0 fully saturated rings. The van der Waals surface area contributed by atoms with Crippen molar-refractivity contribution in [2.45, 2.75) is 0 Å². The first kappa shape index (κ1) is 8.88. The molecule has 0 heterocycles. The van der Waals surface area contributed by atoms with Gasteiger partial charge in [0.25, 0.3) is 0 Å². The molecule has 0 amide bonds. The van der Waals surface area contributed by atoms with Crippen LogP contribution in [0.4, 0.5) is 0 Å². The molecule has 0 aliphatic rings. The van der Waals surface area contributed by atoms with Crippen LogP contribution in [0.15, 0.2) is 0 Å². The second-order valence-corrected chi connectivity index (χ2v) is 1.45. The van der Waals surface area contributed by atoms with Gasteiger partial charge < -0.3 is 14.6 Å². The van der Waals surface area contributed by atoms with Gasteiger partial charge in [-0.25, -0.2) is 0 Å². The normalized spacial score (nSPS) is 10.0. The standard InChI is InChI=1S/C6H13O3/c1-2-8-5-6-9-4-3-7/h7H,1-6H2. The zero-order valence-corrected chi connectivity index (χ0v) is 5.51. The van der Waals surface area contributed by atoms with E-state index in [2.05, 4.69) is 6.92 Å². The van der Waals surface area contributed by atoms with Crippen LogP contribution in [0.3, 0.4) is 0 Å². The summed E-state index contributed by atoms with van der Waals surface area (Å²) in [4.78, 5) is 0. The van der Waals surface area contributed by atoms with Gasteiger partial charge >= 0.3 is 0 Å². The minimum atomic E-state index is 0.0738. The van der Waals surface area contributed by atoms with E-state index in [4.69, 9.17) is 14.6 Å². The Balaban J connectivity index is 2.60. The Labute approximate surface area is 55.6 Å². The van der Waals surface area contributed by atoms with Gasteiger partial charge in [0.15, 0.2) is 0 Å². The van der Waals surface area contributed by atoms with Gasteiger partial charge in [0.1, 0.15) is 0 Å². The maximum absolute atomic E-state index is 8.24. The van der Waals surface area contributed by atoms with E-state index in [1.54, 1.807) is 0 Å². The van der Waals surface area contributed by atoms with E-state index in [-0.39, 0.29) is 6.61 Å². The average molecular weight is 133 g/mol. The number of rotatable bonds is 6. The van der Waals surface area contributed by atoms with Crippen molar-refractivity contribution in [3.05, 3.63) is 6.92 Å². The number of aliphatic hydroxyl groups excluding tert-OH is 1. The highest BCUT2D eigenvalue weighted by Gasteiger charge is 1.84. The third-order valence-corrected chi connectivity index (χ3v) is 0.752. The number of ether oxygens (including phenoxy) is 2. The van der Waals surface area contributed by atoms with Gasteiger partial charge in [-0.3, -0.25) is 0 Å². The summed E-state index contributed by atoms with van der Waals surface area (Å²) in [5, 5.41) is 8.24. The van der Waals surface area contributed by atoms with E-state index in [9.17, 15) is 0 Å². The topological polar surface area (TPSA) is 38.7 Å². The molecule has 0 bridgehead atoms. The Morgan fingerprint density at radius 2 is 1.78 bits per heavy atom. The molecule has 0 saturated carbocycles. The van der Waals surface area contributed by atoms with E-state index in [1.165, 1.54) is 0 Å². The number of hydrogen-bond donors (Lipinski definition) is 1. The van der Waals surface area contributed by atoms with Crippen molar-refractivity contribution in [1.29, 1.82) is 0 Å². The molecule has 3 heteroatoms. The molecule has 0 aromatic carbocycles. The summed E-state index contributed by atoms with van der Waals surface area (Å²) in [6, 6.07) is 0. The van der Waals surface area contributed by atoms with Crippen LogP contribution >= 0.6 is 0 Å². The lowest BCUT2D eigenvalue weighted by molar-refractivity contribution is 0.0408. The summed E-state index contributed by atoms with van der Waals surface area (Å²) in [6.07, 6.45) is 0. The first-order chi connectivity index (χ1) is 4.41. The Hall–Kier alpha value is -0.120. The third kappa shape index (κ3) is 7.88. The highest BCUT2D eigenvalue weighted by atomic mass is 16.5. The van der Waals surface area contributed by atoms with E-state index in [0.717, 1.165) is 0 Å². The minimum Gasteiger partial charge on any atom is -0.394 e. The second-order valence-electron chi connectivity index (χ2n) is 1.45. The predicted octanol–water partition coefficient (Wildman–Crippen LogP) is -0.154. The van der Waals surface area contributed by atoms with Gasteiger partial charge in [-0.2, -0.15) is 0 Å². The lowest BCUT2D eigenvalue weighted by Crippen LogP contribution is -2.06. The highest BCUT2D eigenvalue weighted by Crippen LogP contribution is 1.75. The molecule has 9 heavy (non-hydrogen) atoms. The second kappa shape index (κ2) is 7.88. The molecular weight excluding hydrogens is 120 g/mol. The van der Waals surface area contributed by atoms with Crippen LogP contribution in [-0.2, 0) is 9.47 Å². The molecule has 0 spiro atoms. The SMILES string of the molecule is [CH2]COCCOCCO. The van der Waals surface area contributed by atoms with Crippen molar-refractivity contribution in [3.63, 3.8) is 0 Å².